The Morgan fingerprint density at radius 3 is 2.43 bits per heavy atom. The summed E-state index contributed by atoms with van der Waals surface area (Å²) in [5, 5.41) is 10.6. The van der Waals surface area contributed by atoms with Crippen LogP contribution in [0.5, 0.6) is 11.6 Å². The van der Waals surface area contributed by atoms with Crippen LogP contribution in [-0.4, -0.2) is 22.8 Å². The van der Waals surface area contributed by atoms with Crippen LogP contribution in [0, 0.1) is 13.8 Å². The van der Waals surface area contributed by atoms with Gasteiger partial charge >= 0.3 is 5.97 Å². The Bertz CT molecular complexity index is 1230. The van der Waals surface area contributed by atoms with Gasteiger partial charge < -0.3 is 9.47 Å². The van der Waals surface area contributed by atoms with Gasteiger partial charge in [0.05, 0.1) is 12.2 Å². The maximum absolute atomic E-state index is 12.0. The molecule has 0 fully saturated rings. The molecule has 0 atom stereocenters. The van der Waals surface area contributed by atoms with E-state index in [9.17, 15) is 4.79 Å². The van der Waals surface area contributed by atoms with Crippen LogP contribution in [0.25, 0.3) is 22.0 Å². The van der Waals surface area contributed by atoms with Gasteiger partial charge in [-0.3, -0.25) is 0 Å². The van der Waals surface area contributed by atoms with E-state index >= 15 is 0 Å². The van der Waals surface area contributed by atoms with Gasteiger partial charge in [-0.05, 0) is 62.2 Å². The predicted molar refractivity (Wildman–Crippen MR) is 117 cm³/mol. The molecule has 3 aromatic carbocycles. The second-order valence-electron chi connectivity index (χ2n) is 7.05. The Hall–Kier alpha value is -3.73. The molecule has 0 unspecified atom stereocenters. The summed E-state index contributed by atoms with van der Waals surface area (Å²) in [6, 6.07) is 21.0. The normalized spacial score (nSPS) is 10.8. The molecule has 0 aliphatic rings. The van der Waals surface area contributed by atoms with Gasteiger partial charge in [0.2, 0.25) is 5.88 Å². The van der Waals surface area contributed by atoms with Crippen LogP contribution in [0.4, 0.5) is 0 Å². The quantitative estimate of drug-likeness (QED) is 0.393. The highest BCUT2D eigenvalue weighted by molar-refractivity contribution is 5.97. The Labute approximate surface area is 175 Å². The van der Waals surface area contributed by atoms with Crippen LogP contribution in [-0.2, 0) is 4.74 Å². The van der Waals surface area contributed by atoms with Crippen molar-refractivity contribution in [2.24, 2.45) is 0 Å². The molecule has 0 radical (unpaired) electrons. The second-order valence-corrected chi connectivity index (χ2v) is 7.05. The van der Waals surface area contributed by atoms with Gasteiger partial charge in [0.25, 0.3) is 0 Å². The topological polar surface area (TPSA) is 61.3 Å². The van der Waals surface area contributed by atoms with Crippen LogP contribution in [0.15, 0.2) is 66.7 Å². The highest BCUT2D eigenvalue weighted by Crippen LogP contribution is 2.33. The first-order chi connectivity index (χ1) is 14.6. The van der Waals surface area contributed by atoms with Gasteiger partial charge in [0.1, 0.15) is 11.4 Å². The van der Waals surface area contributed by atoms with Crippen molar-refractivity contribution in [3.05, 3.63) is 83.4 Å². The van der Waals surface area contributed by atoms with Crippen LogP contribution < -0.4 is 4.74 Å². The van der Waals surface area contributed by atoms with Gasteiger partial charge in [0, 0.05) is 16.3 Å². The van der Waals surface area contributed by atoms with Gasteiger partial charge in [-0.25, -0.2) is 4.79 Å². The van der Waals surface area contributed by atoms with Crippen LogP contribution in [0.1, 0.15) is 28.4 Å². The molecule has 0 N–H and O–H groups in total. The molecule has 1 heterocycles. The van der Waals surface area contributed by atoms with E-state index in [1.165, 1.54) is 11.1 Å². The number of esters is 1. The minimum absolute atomic E-state index is 0.319. The highest BCUT2D eigenvalue weighted by Gasteiger charge is 2.14. The van der Waals surface area contributed by atoms with E-state index in [-0.39, 0.29) is 5.97 Å². The molecule has 30 heavy (non-hydrogen) atoms. The molecule has 0 spiro atoms. The number of nitrogens with zero attached hydrogens (tertiary/aromatic N) is 2. The number of fused-ring (bicyclic) bond motifs is 1. The number of hydrogen-bond donors (Lipinski definition) is 0. The summed E-state index contributed by atoms with van der Waals surface area (Å²) in [5.74, 6) is 0.502. The van der Waals surface area contributed by atoms with Crippen molar-refractivity contribution >= 4 is 16.7 Å². The van der Waals surface area contributed by atoms with Crippen LogP contribution in [0.3, 0.4) is 0 Å². The molecule has 1 aromatic heterocycles. The zero-order valence-corrected chi connectivity index (χ0v) is 17.2. The third-order valence-electron chi connectivity index (χ3n) is 4.99. The summed E-state index contributed by atoms with van der Waals surface area (Å²) in [4.78, 5) is 12.0. The lowest BCUT2D eigenvalue weighted by Gasteiger charge is -2.12. The first-order valence-corrected chi connectivity index (χ1v) is 9.85. The number of hydrogen-bond acceptors (Lipinski definition) is 5. The maximum atomic E-state index is 12.0. The lowest BCUT2D eigenvalue weighted by molar-refractivity contribution is 0.0526. The molecule has 0 bridgehead atoms. The Morgan fingerprint density at radius 1 is 0.867 bits per heavy atom. The molecular formula is C25H22N2O3. The Kier molecular flexibility index (Phi) is 5.44. The molecule has 5 heteroatoms. The molecule has 5 nitrogen and oxygen atoms in total. The second kappa shape index (κ2) is 8.33. The monoisotopic (exact) mass is 398 g/mol. The number of benzene rings is 3. The summed E-state index contributed by atoms with van der Waals surface area (Å²) in [6.07, 6.45) is 0. The molecular weight excluding hydrogens is 376 g/mol. The molecule has 0 aliphatic carbocycles. The minimum Gasteiger partial charge on any atom is -0.462 e. The lowest BCUT2D eigenvalue weighted by Crippen LogP contribution is -2.04. The standard InChI is InChI=1S/C25H22N2O3/c1-4-29-25(28)19-8-7-9-20(15-19)30-24-22-11-6-5-10-21(22)23(26-27-24)18-13-12-16(2)17(3)14-18/h5-15H,4H2,1-3H3. The van der Waals surface area contributed by atoms with Gasteiger partial charge in [-0.15, -0.1) is 10.2 Å². The number of carbonyl (C=O) groups is 1. The summed E-state index contributed by atoms with van der Waals surface area (Å²) in [5.41, 5.74) is 4.68. The fourth-order valence-electron chi connectivity index (χ4n) is 3.27. The zero-order chi connectivity index (χ0) is 21.1. The van der Waals surface area contributed by atoms with Crippen LogP contribution in [0.2, 0.25) is 0 Å². The number of carbonyl (C=O) groups excluding carboxylic acids is 1. The van der Waals surface area contributed by atoms with E-state index in [1.807, 2.05) is 24.3 Å². The van der Waals surface area contributed by atoms with Crippen molar-refractivity contribution in [2.45, 2.75) is 20.8 Å². The number of ether oxygens (including phenoxy) is 2. The summed E-state index contributed by atoms with van der Waals surface area (Å²) in [6.45, 7) is 6.27. The van der Waals surface area contributed by atoms with E-state index in [0.29, 0.717) is 23.8 Å². The van der Waals surface area contributed by atoms with E-state index in [0.717, 1.165) is 22.0 Å². The molecule has 4 aromatic rings. The summed E-state index contributed by atoms with van der Waals surface area (Å²) < 4.78 is 11.1. The maximum Gasteiger partial charge on any atom is 0.338 e. The fraction of sp³-hybridized carbons (Fsp3) is 0.160. The van der Waals surface area contributed by atoms with E-state index in [1.54, 1.807) is 31.2 Å². The average Bonchev–Trinajstić information content (AvgIpc) is 2.76. The van der Waals surface area contributed by atoms with Crippen molar-refractivity contribution in [1.29, 1.82) is 0 Å². The number of rotatable bonds is 5. The predicted octanol–water partition coefficient (Wildman–Crippen LogP) is 5.88. The smallest absolute Gasteiger partial charge is 0.338 e. The molecule has 4 rings (SSSR count). The first kappa shape index (κ1) is 19.6. The molecule has 0 amide bonds. The Balaban J connectivity index is 1.74. The van der Waals surface area contributed by atoms with Crippen molar-refractivity contribution < 1.29 is 14.3 Å². The summed E-state index contributed by atoms with van der Waals surface area (Å²) in [7, 11) is 0. The van der Waals surface area contributed by atoms with E-state index in [4.69, 9.17) is 9.47 Å². The van der Waals surface area contributed by atoms with Crippen molar-refractivity contribution in [3.63, 3.8) is 0 Å². The summed E-state index contributed by atoms with van der Waals surface area (Å²) >= 11 is 0. The van der Waals surface area contributed by atoms with Crippen LogP contribution >= 0.6 is 0 Å². The largest absolute Gasteiger partial charge is 0.462 e. The Morgan fingerprint density at radius 2 is 1.67 bits per heavy atom. The van der Waals surface area contributed by atoms with Gasteiger partial charge in [-0.1, -0.05) is 36.4 Å². The van der Waals surface area contributed by atoms with E-state index in [2.05, 4.69) is 42.2 Å². The van der Waals surface area contributed by atoms with Crippen molar-refractivity contribution in [1.82, 2.24) is 10.2 Å². The lowest BCUT2D eigenvalue weighted by atomic mass is 10.0. The minimum atomic E-state index is -0.385. The third-order valence-corrected chi connectivity index (χ3v) is 4.99. The molecule has 150 valence electrons. The fourth-order valence-corrected chi connectivity index (χ4v) is 3.27. The third kappa shape index (κ3) is 3.87. The van der Waals surface area contributed by atoms with Crippen molar-refractivity contribution in [2.75, 3.05) is 6.61 Å². The first-order valence-electron chi connectivity index (χ1n) is 9.85. The van der Waals surface area contributed by atoms with Gasteiger partial charge in [-0.2, -0.15) is 0 Å². The van der Waals surface area contributed by atoms with Gasteiger partial charge in [0.15, 0.2) is 0 Å². The zero-order valence-electron chi connectivity index (χ0n) is 17.2. The highest BCUT2D eigenvalue weighted by atomic mass is 16.5. The molecule has 0 saturated heterocycles. The average molecular weight is 398 g/mol. The number of aromatic nitrogens is 2. The number of aryl methyl sites for hydroxylation is 2. The SMILES string of the molecule is CCOC(=O)c1cccc(Oc2nnc(-c3ccc(C)c(C)c3)c3ccccc23)c1. The molecule has 0 aliphatic heterocycles. The van der Waals surface area contributed by atoms with E-state index < -0.39 is 0 Å². The van der Waals surface area contributed by atoms with Crippen molar-refractivity contribution in [3.8, 4) is 22.9 Å². The molecule has 0 saturated carbocycles.